The predicted octanol–water partition coefficient (Wildman–Crippen LogP) is -1.09. The van der Waals surface area contributed by atoms with E-state index >= 15 is 0 Å². The first-order chi connectivity index (χ1) is 10.8. The minimum absolute atomic E-state index is 0.0911. The number of nitrogens with zero attached hydrogens (tertiary/aromatic N) is 3. The molecule has 0 bridgehead atoms. The average molecular weight is 323 g/mol. The van der Waals surface area contributed by atoms with Crippen LogP contribution in [0.2, 0.25) is 0 Å². The van der Waals surface area contributed by atoms with Gasteiger partial charge >= 0.3 is 0 Å². The van der Waals surface area contributed by atoms with Crippen molar-refractivity contribution in [3.8, 4) is 0 Å². The molecule has 0 aliphatic heterocycles. The summed E-state index contributed by atoms with van der Waals surface area (Å²) in [4.78, 5) is 56.8. The molecule has 0 saturated heterocycles. The highest BCUT2D eigenvalue weighted by molar-refractivity contribution is 6.04. The van der Waals surface area contributed by atoms with Gasteiger partial charge in [0.15, 0.2) is 0 Å². The van der Waals surface area contributed by atoms with Gasteiger partial charge < -0.3 is 10.6 Å². The van der Waals surface area contributed by atoms with Gasteiger partial charge in [-0.3, -0.25) is 29.8 Å². The van der Waals surface area contributed by atoms with Crippen molar-refractivity contribution in [3.05, 3.63) is 0 Å². The fraction of sp³-hybridized carbons (Fsp3) is 0.417. The van der Waals surface area contributed by atoms with Crippen LogP contribution in [0.3, 0.4) is 0 Å². The predicted molar refractivity (Wildman–Crippen MR) is 80.6 cm³/mol. The summed E-state index contributed by atoms with van der Waals surface area (Å²) in [5.74, 6) is -2.19. The number of Topliss-reactive ketones (excluding diaryl/α,β-unsaturated/α-hetero) is 1. The van der Waals surface area contributed by atoms with E-state index in [0.717, 1.165) is 0 Å². The maximum atomic E-state index is 11.6. The second-order valence-electron chi connectivity index (χ2n) is 4.38. The van der Waals surface area contributed by atoms with Gasteiger partial charge in [-0.15, -0.1) is 0 Å². The Morgan fingerprint density at radius 2 is 1.26 bits per heavy atom. The first kappa shape index (κ1) is 17.9. The summed E-state index contributed by atoms with van der Waals surface area (Å²) in [6, 6.07) is 0. The van der Waals surface area contributed by atoms with Gasteiger partial charge in [0.2, 0.25) is 35.6 Å². The van der Waals surface area contributed by atoms with Crippen molar-refractivity contribution < 1.29 is 19.2 Å². The van der Waals surface area contributed by atoms with Crippen LogP contribution in [0.25, 0.3) is 0 Å². The van der Waals surface area contributed by atoms with Crippen molar-refractivity contribution >= 4 is 41.3 Å². The van der Waals surface area contributed by atoms with E-state index in [9.17, 15) is 19.2 Å². The van der Waals surface area contributed by atoms with E-state index in [1.165, 1.54) is 21.0 Å². The van der Waals surface area contributed by atoms with Gasteiger partial charge in [0.05, 0.1) is 6.42 Å². The molecule has 0 radical (unpaired) electrons. The molecule has 0 spiro atoms. The molecule has 0 unspecified atom stereocenters. The van der Waals surface area contributed by atoms with Crippen LogP contribution in [0.15, 0.2) is 0 Å². The van der Waals surface area contributed by atoms with Gasteiger partial charge in [0, 0.05) is 14.1 Å². The summed E-state index contributed by atoms with van der Waals surface area (Å²) in [6.45, 7) is 1.27. The van der Waals surface area contributed by atoms with Gasteiger partial charge in [0.1, 0.15) is 12.2 Å². The third kappa shape index (κ3) is 6.46. The van der Waals surface area contributed by atoms with E-state index in [4.69, 9.17) is 0 Å². The van der Waals surface area contributed by atoms with Crippen molar-refractivity contribution in [2.45, 2.75) is 19.8 Å². The molecule has 3 amide bonds. The number of carbonyl (C=O) groups is 4. The van der Waals surface area contributed by atoms with Crippen LogP contribution in [-0.4, -0.2) is 52.6 Å². The molecule has 23 heavy (non-hydrogen) atoms. The second kappa shape index (κ2) is 8.36. The van der Waals surface area contributed by atoms with Crippen LogP contribution in [0.4, 0.5) is 17.8 Å². The number of nitrogens with one attached hydrogen (secondary N) is 4. The lowest BCUT2D eigenvalue weighted by Crippen LogP contribution is -2.26. The first-order valence-corrected chi connectivity index (χ1v) is 6.57. The molecule has 1 aromatic rings. The highest BCUT2D eigenvalue weighted by Crippen LogP contribution is 2.09. The smallest absolute Gasteiger partial charge is 0.236 e. The van der Waals surface area contributed by atoms with Crippen LogP contribution in [0, 0.1) is 0 Å². The van der Waals surface area contributed by atoms with E-state index in [2.05, 4.69) is 36.2 Å². The minimum Gasteiger partial charge on any atom is -0.359 e. The number of rotatable bonds is 7. The van der Waals surface area contributed by atoms with Crippen LogP contribution >= 0.6 is 0 Å². The molecule has 11 nitrogen and oxygen atoms in total. The molecule has 11 heteroatoms. The van der Waals surface area contributed by atoms with Gasteiger partial charge in [-0.1, -0.05) is 0 Å². The standard InChI is InChI=1S/C12H17N7O4/c1-6(20)4-8(22)15-11-17-10(14-3)18-12(19-11)16-9(23)5-7(21)13-2/h4-5H2,1-3H3,(H,13,21)(H3,14,15,16,17,18,19,22,23). The molecule has 0 aliphatic carbocycles. The van der Waals surface area contributed by atoms with Crippen molar-refractivity contribution in [1.82, 2.24) is 20.3 Å². The normalized spacial score (nSPS) is 9.70. The fourth-order valence-electron chi connectivity index (χ4n) is 1.40. The zero-order chi connectivity index (χ0) is 17.4. The Morgan fingerprint density at radius 1 is 0.783 bits per heavy atom. The highest BCUT2D eigenvalue weighted by atomic mass is 16.2. The molecular weight excluding hydrogens is 306 g/mol. The van der Waals surface area contributed by atoms with E-state index in [-0.39, 0.29) is 30.0 Å². The fourth-order valence-corrected chi connectivity index (χ4v) is 1.40. The van der Waals surface area contributed by atoms with E-state index in [1.54, 1.807) is 0 Å². The summed E-state index contributed by atoms with van der Waals surface area (Å²) in [5.41, 5.74) is 0. The van der Waals surface area contributed by atoms with E-state index in [0.29, 0.717) is 0 Å². The maximum Gasteiger partial charge on any atom is 0.236 e. The van der Waals surface area contributed by atoms with Crippen LogP contribution < -0.4 is 21.3 Å². The summed E-state index contributed by atoms with van der Waals surface area (Å²) in [6.07, 6.45) is -0.720. The quantitative estimate of drug-likeness (QED) is 0.461. The number of hydrogen-bond acceptors (Lipinski definition) is 8. The topological polar surface area (TPSA) is 155 Å². The molecule has 124 valence electrons. The number of aromatic nitrogens is 3. The highest BCUT2D eigenvalue weighted by Gasteiger charge is 2.14. The third-order valence-corrected chi connectivity index (χ3v) is 2.37. The summed E-state index contributed by atoms with van der Waals surface area (Å²) >= 11 is 0. The van der Waals surface area contributed by atoms with E-state index in [1.807, 2.05) is 0 Å². The van der Waals surface area contributed by atoms with Crippen molar-refractivity contribution in [1.29, 1.82) is 0 Å². The Bertz CT molecular complexity index is 632. The largest absolute Gasteiger partial charge is 0.359 e. The third-order valence-electron chi connectivity index (χ3n) is 2.37. The molecule has 0 aromatic carbocycles. The average Bonchev–Trinajstić information content (AvgIpc) is 2.45. The zero-order valence-corrected chi connectivity index (χ0v) is 12.9. The molecule has 4 N–H and O–H groups in total. The van der Waals surface area contributed by atoms with Crippen LogP contribution in [0.1, 0.15) is 19.8 Å². The number of amides is 3. The lowest BCUT2D eigenvalue weighted by molar-refractivity contribution is -0.127. The number of carbonyl (C=O) groups excluding carboxylic acids is 4. The van der Waals surface area contributed by atoms with Crippen molar-refractivity contribution in [2.75, 3.05) is 30.0 Å². The SMILES string of the molecule is CNC(=O)CC(=O)Nc1nc(NC)nc(NC(=O)CC(C)=O)n1. The van der Waals surface area contributed by atoms with Crippen LogP contribution in [0.5, 0.6) is 0 Å². The van der Waals surface area contributed by atoms with E-state index < -0.39 is 24.1 Å². The van der Waals surface area contributed by atoms with Gasteiger partial charge in [0.25, 0.3) is 0 Å². The molecular formula is C12H17N7O4. The number of anilines is 3. The van der Waals surface area contributed by atoms with Crippen molar-refractivity contribution in [2.24, 2.45) is 0 Å². The molecule has 0 atom stereocenters. The zero-order valence-electron chi connectivity index (χ0n) is 12.9. The lowest BCUT2D eigenvalue weighted by Gasteiger charge is -2.08. The van der Waals surface area contributed by atoms with Crippen LogP contribution in [-0.2, 0) is 19.2 Å². The van der Waals surface area contributed by atoms with Gasteiger partial charge in [-0.05, 0) is 6.92 Å². The number of hydrogen-bond donors (Lipinski definition) is 4. The molecule has 0 saturated carbocycles. The van der Waals surface area contributed by atoms with Gasteiger partial charge in [-0.2, -0.15) is 15.0 Å². The molecule has 1 aromatic heterocycles. The monoisotopic (exact) mass is 323 g/mol. The Balaban J connectivity index is 2.85. The minimum atomic E-state index is -0.626. The second-order valence-corrected chi connectivity index (χ2v) is 4.38. The Morgan fingerprint density at radius 3 is 1.70 bits per heavy atom. The molecule has 1 heterocycles. The Labute approximate surface area is 131 Å². The summed E-state index contributed by atoms with van der Waals surface area (Å²) < 4.78 is 0. The molecule has 1 rings (SSSR count). The van der Waals surface area contributed by atoms with Gasteiger partial charge in [-0.25, -0.2) is 0 Å². The summed E-state index contributed by atoms with van der Waals surface area (Å²) in [7, 11) is 2.94. The first-order valence-electron chi connectivity index (χ1n) is 6.57. The Kier molecular flexibility index (Phi) is 6.52. The lowest BCUT2D eigenvalue weighted by atomic mass is 10.3. The molecule has 0 fully saturated rings. The summed E-state index contributed by atoms with van der Waals surface area (Å²) in [5, 5.41) is 9.58. The Hall–Kier alpha value is -3.11. The number of ketones is 1. The van der Waals surface area contributed by atoms with Crippen molar-refractivity contribution in [3.63, 3.8) is 0 Å². The maximum absolute atomic E-state index is 11.6. The molecule has 0 aliphatic rings.